The molecule has 5 heteroatoms. The zero-order valence-corrected chi connectivity index (χ0v) is 11.5. The van der Waals surface area contributed by atoms with Crippen LogP contribution in [-0.4, -0.2) is 14.8 Å². The van der Waals surface area contributed by atoms with Crippen LogP contribution < -0.4 is 0 Å². The van der Waals surface area contributed by atoms with Crippen molar-refractivity contribution in [3.63, 3.8) is 0 Å². The number of hydrogen-bond donors (Lipinski definition) is 0. The number of halogens is 1. The quantitative estimate of drug-likeness (QED) is 0.722. The normalized spacial score (nSPS) is 11.2. The van der Waals surface area contributed by atoms with Crippen LogP contribution >= 0.6 is 22.9 Å². The zero-order chi connectivity index (χ0) is 12.5. The Morgan fingerprint density at radius 2 is 2.17 bits per heavy atom. The van der Waals surface area contributed by atoms with Crippen LogP contribution in [0.4, 0.5) is 0 Å². The van der Waals surface area contributed by atoms with Gasteiger partial charge in [-0.2, -0.15) is 0 Å². The molecule has 0 radical (unpaired) electrons. The van der Waals surface area contributed by atoms with Crippen molar-refractivity contribution in [3.8, 4) is 5.69 Å². The van der Waals surface area contributed by atoms with Crippen molar-refractivity contribution in [3.05, 3.63) is 40.8 Å². The fraction of sp³-hybridized carbons (Fsp3) is 0.231. The number of rotatable bonds is 3. The molecule has 3 rings (SSSR count). The predicted molar refractivity (Wildman–Crippen MR) is 75.7 cm³/mol. The van der Waals surface area contributed by atoms with Gasteiger partial charge in [-0.1, -0.05) is 6.92 Å². The van der Waals surface area contributed by atoms with E-state index in [0.29, 0.717) is 5.28 Å². The summed E-state index contributed by atoms with van der Waals surface area (Å²) < 4.78 is 3.20. The van der Waals surface area contributed by atoms with E-state index in [9.17, 15) is 0 Å². The molecule has 0 atom stereocenters. The Bertz CT molecular complexity index is 686. The minimum Gasteiger partial charge on any atom is -0.270 e. The first kappa shape index (κ1) is 11.7. The number of aryl methyl sites for hydroxylation is 1. The van der Waals surface area contributed by atoms with Gasteiger partial charge in [-0.25, -0.2) is 0 Å². The zero-order valence-electron chi connectivity index (χ0n) is 9.93. The fourth-order valence-corrected chi connectivity index (χ4v) is 3.03. The highest BCUT2D eigenvalue weighted by Gasteiger charge is 2.11. The molecule has 0 unspecified atom stereocenters. The number of fused-ring (bicyclic) bond motifs is 1. The summed E-state index contributed by atoms with van der Waals surface area (Å²) in [5.41, 5.74) is 1.03. The van der Waals surface area contributed by atoms with E-state index in [1.165, 1.54) is 10.1 Å². The summed E-state index contributed by atoms with van der Waals surface area (Å²) in [4.78, 5) is 0. The second kappa shape index (κ2) is 4.71. The maximum absolute atomic E-state index is 6.13. The molecule has 0 saturated heterocycles. The molecule has 18 heavy (non-hydrogen) atoms. The summed E-state index contributed by atoms with van der Waals surface area (Å²) in [5.74, 6) is 0.914. The van der Waals surface area contributed by atoms with Crippen LogP contribution in [0.3, 0.4) is 0 Å². The number of hydrogen-bond acceptors (Lipinski definition) is 3. The largest absolute Gasteiger partial charge is 0.270 e. The minimum absolute atomic E-state index is 0.424. The Balaban J connectivity index is 2.15. The molecule has 0 spiro atoms. The van der Waals surface area contributed by atoms with Crippen LogP contribution in [0.5, 0.6) is 0 Å². The molecular formula is C13H12ClN3S. The molecule has 0 saturated carbocycles. The van der Waals surface area contributed by atoms with Crippen LogP contribution in [-0.2, 0) is 6.42 Å². The molecule has 0 N–H and O–H groups in total. The predicted octanol–water partition coefficient (Wildman–Crippen LogP) is 4.09. The number of nitrogens with zero attached hydrogens (tertiary/aromatic N) is 3. The van der Waals surface area contributed by atoms with E-state index >= 15 is 0 Å². The van der Waals surface area contributed by atoms with Gasteiger partial charge >= 0.3 is 0 Å². The lowest BCUT2D eigenvalue weighted by molar-refractivity contribution is 0.803. The van der Waals surface area contributed by atoms with Gasteiger partial charge in [0.1, 0.15) is 5.82 Å². The molecule has 0 amide bonds. The van der Waals surface area contributed by atoms with Crippen LogP contribution in [0.15, 0.2) is 29.6 Å². The van der Waals surface area contributed by atoms with Crippen molar-refractivity contribution < 1.29 is 0 Å². The van der Waals surface area contributed by atoms with Gasteiger partial charge in [-0.05, 0) is 53.1 Å². The Hall–Kier alpha value is -1.39. The van der Waals surface area contributed by atoms with E-state index in [-0.39, 0.29) is 0 Å². The van der Waals surface area contributed by atoms with Crippen LogP contribution in [0.25, 0.3) is 15.8 Å². The molecule has 0 aliphatic rings. The Morgan fingerprint density at radius 1 is 1.28 bits per heavy atom. The molecule has 92 valence electrons. The first-order valence-corrected chi connectivity index (χ1v) is 7.13. The molecular weight excluding hydrogens is 266 g/mol. The van der Waals surface area contributed by atoms with Gasteiger partial charge in [-0.3, -0.25) is 4.57 Å². The Labute approximate surface area is 114 Å². The highest BCUT2D eigenvalue weighted by atomic mass is 35.5. The van der Waals surface area contributed by atoms with Crippen LogP contribution in [0.2, 0.25) is 5.28 Å². The molecule has 0 aliphatic heterocycles. The smallest absolute Gasteiger partial charge is 0.229 e. The first-order chi connectivity index (χ1) is 8.79. The van der Waals surface area contributed by atoms with Crippen molar-refractivity contribution in [2.45, 2.75) is 19.8 Å². The van der Waals surface area contributed by atoms with E-state index in [2.05, 4.69) is 46.8 Å². The Morgan fingerprint density at radius 3 is 3.00 bits per heavy atom. The SMILES string of the molecule is CCCc1nnc(Cl)n1-c1ccc2sccc2c1. The summed E-state index contributed by atoms with van der Waals surface area (Å²) in [6.07, 6.45) is 1.90. The van der Waals surface area contributed by atoms with Crippen molar-refractivity contribution in [2.24, 2.45) is 0 Å². The third-order valence-corrected chi connectivity index (χ3v) is 4.00. The van der Waals surface area contributed by atoms with Gasteiger partial charge in [0, 0.05) is 11.1 Å². The van der Waals surface area contributed by atoms with Crippen molar-refractivity contribution >= 4 is 33.0 Å². The van der Waals surface area contributed by atoms with E-state index in [1.54, 1.807) is 11.3 Å². The second-order valence-corrected chi connectivity index (χ2v) is 5.40. The van der Waals surface area contributed by atoms with E-state index in [1.807, 2.05) is 4.57 Å². The lowest BCUT2D eigenvalue weighted by atomic mass is 10.2. The van der Waals surface area contributed by atoms with E-state index in [4.69, 9.17) is 11.6 Å². The average molecular weight is 278 g/mol. The third-order valence-electron chi connectivity index (χ3n) is 2.86. The molecule has 3 nitrogen and oxygen atoms in total. The highest BCUT2D eigenvalue weighted by Crippen LogP contribution is 2.25. The van der Waals surface area contributed by atoms with Crippen molar-refractivity contribution in [1.29, 1.82) is 0 Å². The number of thiophene rings is 1. The van der Waals surface area contributed by atoms with E-state index < -0.39 is 0 Å². The second-order valence-electron chi connectivity index (χ2n) is 4.11. The molecule has 0 bridgehead atoms. The monoisotopic (exact) mass is 277 g/mol. The Kier molecular flexibility index (Phi) is 3.06. The average Bonchev–Trinajstić information content (AvgIpc) is 2.96. The van der Waals surface area contributed by atoms with Gasteiger partial charge in [0.15, 0.2) is 0 Å². The lowest BCUT2D eigenvalue weighted by Gasteiger charge is -2.07. The summed E-state index contributed by atoms with van der Waals surface area (Å²) in [5, 5.41) is 11.8. The first-order valence-electron chi connectivity index (χ1n) is 5.87. The van der Waals surface area contributed by atoms with E-state index in [0.717, 1.165) is 24.4 Å². The fourth-order valence-electron chi connectivity index (χ4n) is 2.03. The number of benzene rings is 1. The van der Waals surface area contributed by atoms with Gasteiger partial charge in [0.2, 0.25) is 5.28 Å². The van der Waals surface area contributed by atoms with Gasteiger partial charge in [-0.15, -0.1) is 21.5 Å². The summed E-state index contributed by atoms with van der Waals surface area (Å²) in [6.45, 7) is 2.12. The molecule has 2 aromatic heterocycles. The molecule has 2 heterocycles. The maximum Gasteiger partial charge on any atom is 0.229 e. The standard InChI is InChI=1S/C13H12ClN3S/c1-2-3-12-15-16-13(14)17(12)10-4-5-11-9(8-10)6-7-18-11/h4-8H,2-3H2,1H3. The third kappa shape index (κ3) is 1.91. The van der Waals surface area contributed by atoms with Crippen molar-refractivity contribution in [2.75, 3.05) is 0 Å². The van der Waals surface area contributed by atoms with Gasteiger partial charge in [0.25, 0.3) is 0 Å². The van der Waals surface area contributed by atoms with Crippen LogP contribution in [0.1, 0.15) is 19.2 Å². The summed E-state index contributed by atoms with van der Waals surface area (Å²) in [6, 6.07) is 8.41. The van der Waals surface area contributed by atoms with Gasteiger partial charge < -0.3 is 0 Å². The molecule has 0 fully saturated rings. The maximum atomic E-state index is 6.13. The summed E-state index contributed by atoms with van der Waals surface area (Å²) in [7, 11) is 0. The highest BCUT2D eigenvalue weighted by molar-refractivity contribution is 7.17. The van der Waals surface area contributed by atoms with Crippen LogP contribution in [0, 0.1) is 0 Å². The lowest BCUT2D eigenvalue weighted by Crippen LogP contribution is -2.01. The van der Waals surface area contributed by atoms with Gasteiger partial charge in [0.05, 0.1) is 5.69 Å². The molecule has 3 aromatic rings. The topological polar surface area (TPSA) is 30.7 Å². The molecule has 1 aromatic carbocycles. The molecule has 0 aliphatic carbocycles. The van der Waals surface area contributed by atoms with Crippen molar-refractivity contribution in [1.82, 2.24) is 14.8 Å². The number of aromatic nitrogens is 3. The minimum atomic E-state index is 0.424. The summed E-state index contributed by atoms with van der Waals surface area (Å²) >= 11 is 7.87.